The third kappa shape index (κ3) is 6.66. The van der Waals surface area contributed by atoms with E-state index < -0.39 is 0 Å². The van der Waals surface area contributed by atoms with Crippen molar-refractivity contribution in [3.8, 4) is 55.9 Å². The Hall–Kier alpha value is -9.18. The molecule has 0 fully saturated rings. The molecule has 2 heterocycles. The Morgan fingerprint density at radius 1 is 0.278 bits per heavy atom. The van der Waals surface area contributed by atoms with Gasteiger partial charge >= 0.3 is 0 Å². The number of rotatable bonds is 8. The maximum Gasteiger partial charge on any atom is 0.0547 e. The van der Waals surface area contributed by atoms with Crippen LogP contribution in [-0.2, 0) is 5.41 Å². The number of anilines is 3. The molecule has 3 nitrogen and oxygen atoms in total. The van der Waals surface area contributed by atoms with Crippen LogP contribution >= 0.6 is 0 Å². The van der Waals surface area contributed by atoms with Gasteiger partial charge in [-0.25, -0.2) is 0 Å². The third-order valence-corrected chi connectivity index (χ3v) is 15.3. The molecule has 340 valence electrons. The van der Waals surface area contributed by atoms with E-state index >= 15 is 0 Å². The van der Waals surface area contributed by atoms with Gasteiger partial charge in [0.15, 0.2) is 0 Å². The number of fused-ring (bicyclic) bond motifs is 9. The Balaban J connectivity index is 0.940. The second-order valence-electron chi connectivity index (χ2n) is 19.8. The van der Waals surface area contributed by atoms with Crippen LogP contribution in [0.15, 0.2) is 261 Å². The molecule has 0 N–H and O–H groups in total. The van der Waals surface area contributed by atoms with Gasteiger partial charge in [0.05, 0.1) is 22.1 Å². The summed E-state index contributed by atoms with van der Waals surface area (Å²) in [6, 6.07) is 96.0. The van der Waals surface area contributed by atoms with Crippen molar-refractivity contribution >= 4 is 60.7 Å². The maximum absolute atomic E-state index is 2.41. The van der Waals surface area contributed by atoms with Gasteiger partial charge in [-0.15, -0.1) is 0 Å². The highest BCUT2D eigenvalue weighted by Gasteiger charge is 2.35. The monoisotopic (exact) mass is 919 g/mol. The van der Waals surface area contributed by atoms with E-state index in [0.717, 1.165) is 50.7 Å². The largest absolute Gasteiger partial charge is 0.310 e. The van der Waals surface area contributed by atoms with E-state index in [4.69, 9.17) is 0 Å². The smallest absolute Gasteiger partial charge is 0.0547 e. The Labute approximate surface area is 419 Å². The Kier molecular flexibility index (Phi) is 9.56. The summed E-state index contributed by atoms with van der Waals surface area (Å²) < 4.78 is 4.82. The summed E-state index contributed by atoms with van der Waals surface area (Å²) in [5.41, 5.74) is 22.7. The number of hydrogen-bond donors (Lipinski definition) is 0. The van der Waals surface area contributed by atoms with Crippen LogP contribution in [0.25, 0.3) is 99.5 Å². The number of nitrogens with zero attached hydrogens (tertiary/aromatic N) is 3. The van der Waals surface area contributed by atoms with Gasteiger partial charge in [0.25, 0.3) is 0 Å². The minimum atomic E-state index is -0.0603. The molecule has 0 bridgehead atoms. The molecule has 0 spiro atoms. The minimum absolute atomic E-state index is 0.0603. The summed E-state index contributed by atoms with van der Waals surface area (Å²) in [6.07, 6.45) is 0. The van der Waals surface area contributed by atoms with Crippen LogP contribution in [0.1, 0.15) is 25.0 Å². The fourth-order valence-corrected chi connectivity index (χ4v) is 11.8. The lowest BCUT2D eigenvalue weighted by molar-refractivity contribution is 0.660. The lowest BCUT2D eigenvalue weighted by atomic mass is 9.82. The van der Waals surface area contributed by atoms with E-state index in [2.05, 4.69) is 289 Å². The first-order valence-electron chi connectivity index (χ1n) is 25.0. The summed E-state index contributed by atoms with van der Waals surface area (Å²) in [6.45, 7) is 4.69. The molecule has 14 rings (SSSR count). The average molecular weight is 920 g/mol. The van der Waals surface area contributed by atoms with Crippen LogP contribution in [0, 0.1) is 0 Å². The van der Waals surface area contributed by atoms with E-state index in [-0.39, 0.29) is 5.41 Å². The second kappa shape index (κ2) is 16.5. The summed E-state index contributed by atoms with van der Waals surface area (Å²) in [4.78, 5) is 2.39. The molecular weight excluding hydrogens is 871 g/mol. The first-order valence-corrected chi connectivity index (χ1v) is 25.0. The van der Waals surface area contributed by atoms with Gasteiger partial charge in [-0.05, 0) is 159 Å². The van der Waals surface area contributed by atoms with E-state index in [0.29, 0.717) is 0 Å². The summed E-state index contributed by atoms with van der Waals surface area (Å²) in [5.74, 6) is 0. The van der Waals surface area contributed by atoms with Crippen LogP contribution in [0.5, 0.6) is 0 Å². The Morgan fingerprint density at radius 3 is 1.26 bits per heavy atom. The van der Waals surface area contributed by atoms with Gasteiger partial charge in [0.1, 0.15) is 0 Å². The second-order valence-corrected chi connectivity index (χ2v) is 19.8. The van der Waals surface area contributed by atoms with Crippen LogP contribution in [0.3, 0.4) is 0 Å². The lowest BCUT2D eigenvalue weighted by Crippen LogP contribution is -2.15. The van der Waals surface area contributed by atoms with Crippen LogP contribution in [0.2, 0.25) is 0 Å². The fraction of sp³-hybridized carbons (Fsp3) is 0.0435. The molecule has 2 aromatic heterocycles. The first-order chi connectivity index (χ1) is 35.5. The molecule has 0 aliphatic heterocycles. The molecule has 0 saturated heterocycles. The number of aromatic nitrogens is 2. The molecule has 1 aliphatic rings. The summed E-state index contributed by atoms with van der Waals surface area (Å²) in [5, 5.41) is 4.97. The van der Waals surface area contributed by atoms with Gasteiger partial charge in [-0.2, -0.15) is 0 Å². The molecule has 11 aromatic carbocycles. The van der Waals surface area contributed by atoms with Crippen molar-refractivity contribution in [2.75, 3.05) is 4.90 Å². The van der Waals surface area contributed by atoms with Gasteiger partial charge in [-0.3, -0.25) is 0 Å². The normalized spacial score (nSPS) is 12.7. The van der Waals surface area contributed by atoms with Gasteiger partial charge in [0, 0.05) is 55.4 Å². The lowest BCUT2D eigenvalue weighted by Gasteiger charge is -2.27. The van der Waals surface area contributed by atoms with Crippen molar-refractivity contribution in [1.29, 1.82) is 0 Å². The van der Waals surface area contributed by atoms with Gasteiger partial charge in [-0.1, -0.05) is 172 Å². The van der Waals surface area contributed by atoms with E-state index in [1.807, 2.05) is 0 Å². The highest BCUT2D eigenvalue weighted by molar-refractivity contribution is 6.11. The van der Waals surface area contributed by atoms with Crippen molar-refractivity contribution < 1.29 is 0 Å². The van der Waals surface area contributed by atoms with Crippen molar-refractivity contribution in [2.45, 2.75) is 19.3 Å². The molecule has 1 aliphatic carbocycles. The highest BCUT2D eigenvalue weighted by Crippen LogP contribution is 2.51. The van der Waals surface area contributed by atoms with Gasteiger partial charge < -0.3 is 14.0 Å². The number of benzene rings is 11. The third-order valence-electron chi connectivity index (χ3n) is 15.3. The Bertz CT molecular complexity index is 4040. The molecule has 13 aromatic rings. The molecule has 0 atom stereocenters. The topological polar surface area (TPSA) is 13.1 Å². The zero-order valence-corrected chi connectivity index (χ0v) is 40.2. The maximum atomic E-state index is 2.41. The fourth-order valence-electron chi connectivity index (χ4n) is 11.8. The molecular formula is C69H49N3. The zero-order valence-electron chi connectivity index (χ0n) is 40.2. The van der Waals surface area contributed by atoms with Crippen molar-refractivity contribution in [2.24, 2.45) is 0 Å². The zero-order chi connectivity index (χ0) is 47.9. The quantitative estimate of drug-likeness (QED) is 0.148. The molecule has 0 radical (unpaired) electrons. The molecule has 3 heteroatoms. The van der Waals surface area contributed by atoms with Crippen LogP contribution < -0.4 is 4.90 Å². The standard InChI is InChI=1S/C69H49N3/c1-69(2)63-27-15-12-24-57(63)62-45-56(36-39-64(62)69)70(52-18-6-3-7-19-52)55-34-30-46(31-35-55)49-40-50(47-32-37-60-58-25-13-16-28-65(58)71(67(60)43-47)53-20-8-4-9-21-53)42-51(41-49)48-33-38-61-59-26-14-17-29-66(59)72(68(61)44-48)54-22-10-5-11-23-54/h3-45H,1-2H3. The predicted molar refractivity (Wildman–Crippen MR) is 304 cm³/mol. The van der Waals surface area contributed by atoms with Crippen molar-refractivity contribution in [3.05, 3.63) is 272 Å². The first kappa shape index (κ1) is 41.8. The number of hydrogen-bond acceptors (Lipinski definition) is 1. The number of para-hydroxylation sites is 5. The SMILES string of the molecule is CC1(C)c2ccccc2-c2cc(N(c3ccccc3)c3ccc(-c4cc(-c5ccc6c7ccccc7n(-c7ccccc7)c6c5)cc(-c5ccc6c7ccccc7n(-c7ccccc7)c6c5)c4)cc3)ccc21. The predicted octanol–water partition coefficient (Wildman–Crippen LogP) is 18.7. The highest BCUT2D eigenvalue weighted by atomic mass is 15.1. The Morgan fingerprint density at radius 2 is 0.694 bits per heavy atom. The van der Waals surface area contributed by atoms with E-state index in [1.165, 1.54) is 77.0 Å². The van der Waals surface area contributed by atoms with Crippen LogP contribution in [-0.4, -0.2) is 9.13 Å². The van der Waals surface area contributed by atoms with E-state index in [1.54, 1.807) is 0 Å². The van der Waals surface area contributed by atoms with Gasteiger partial charge in [0.2, 0.25) is 0 Å². The minimum Gasteiger partial charge on any atom is -0.310 e. The average Bonchev–Trinajstić information content (AvgIpc) is 4.04. The molecule has 0 saturated carbocycles. The summed E-state index contributed by atoms with van der Waals surface area (Å²) >= 11 is 0. The van der Waals surface area contributed by atoms with E-state index in [9.17, 15) is 0 Å². The molecule has 0 unspecified atom stereocenters. The molecule has 0 amide bonds. The van der Waals surface area contributed by atoms with Crippen molar-refractivity contribution in [1.82, 2.24) is 9.13 Å². The summed E-state index contributed by atoms with van der Waals surface area (Å²) in [7, 11) is 0. The van der Waals surface area contributed by atoms with Crippen LogP contribution in [0.4, 0.5) is 17.1 Å². The van der Waals surface area contributed by atoms with Crippen molar-refractivity contribution in [3.63, 3.8) is 0 Å². The molecule has 72 heavy (non-hydrogen) atoms.